The summed E-state index contributed by atoms with van der Waals surface area (Å²) in [5.41, 5.74) is 3.91. The van der Waals surface area contributed by atoms with Crippen LogP contribution in [0, 0.1) is 6.92 Å². The first-order valence-electron chi connectivity index (χ1n) is 5.21. The predicted octanol–water partition coefficient (Wildman–Crippen LogP) is 3.33. The molecule has 0 spiro atoms. The van der Waals surface area contributed by atoms with Gasteiger partial charge in [-0.25, -0.2) is 0 Å². The number of hydrogen-bond acceptors (Lipinski definition) is 1. The lowest BCUT2D eigenvalue weighted by molar-refractivity contribution is 0.949. The molecule has 0 radical (unpaired) electrons. The van der Waals surface area contributed by atoms with Crippen molar-refractivity contribution < 1.29 is 0 Å². The molecule has 1 aliphatic heterocycles. The van der Waals surface area contributed by atoms with E-state index in [2.05, 4.69) is 30.0 Å². The first kappa shape index (κ1) is 9.85. The van der Waals surface area contributed by atoms with Crippen LogP contribution in [0.5, 0.6) is 0 Å². The second-order valence-electron chi connectivity index (χ2n) is 3.94. The summed E-state index contributed by atoms with van der Waals surface area (Å²) in [5.74, 6) is 0.617. The van der Waals surface area contributed by atoms with Gasteiger partial charge in [0.15, 0.2) is 0 Å². The van der Waals surface area contributed by atoms with Crippen molar-refractivity contribution in [3.8, 4) is 0 Å². The van der Waals surface area contributed by atoms with Crippen molar-refractivity contribution >= 4 is 17.3 Å². The van der Waals surface area contributed by atoms with Crippen LogP contribution < -0.4 is 4.90 Å². The van der Waals surface area contributed by atoms with Gasteiger partial charge in [0.25, 0.3) is 0 Å². The summed E-state index contributed by atoms with van der Waals surface area (Å²) in [6.07, 6.45) is 2.66. The van der Waals surface area contributed by atoms with E-state index in [-0.39, 0.29) is 0 Å². The van der Waals surface area contributed by atoms with E-state index in [9.17, 15) is 0 Å². The van der Waals surface area contributed by atoms with Gasteiger partial charge >= 0.3 is 0 Å². The number of benzene rings is 1. The van der Waals surface area contributed by atoms with E-state index < -0.39 is 0 Å². The molecule has 76 valence electrons. The SMILES string of the molecule is Cc1cc(N2CCCC2)ccc1CCl. The lowest BCUT2D eigenvalue weighted by Gasteiger charge is -2.18. The van der Waals surface area contributed by atoms with Crippen molar-refractivity contribution in [3.05, 3.63) is 29.3 Å². The van der Waals surface area contributed by atoms with Crippen LogP contribution >= 0.6 is 11.6 Å². The molecule has 2 rings (SSSR count). The molecule has 1 fully saturated rings. The number of halogens is 1. The van der Waals surface area contributed by atoms with E-state index >= 15 is 0 Å². The largest absolute Gasteiger partial charge is 0.372 e. The molecule has 0 atom stereocenters. The van der Waals surface area contributed by atoms with Crippen molar-refractivity contribution in [1.82, 2.24) is 0 Å². The van der Waals surface area contributed by atoms with Crippen molar-refractivity contribution in [2.24, 2.45) is 0 Å². The lowest BCUT2D eigenvalue weighted by atomic mass is 10.1. The molecule has 1 nitrogen and oxygen atoms in total. The number of alkyl halides is 1. The van der Waals surface area contributed by atoms with Gasteiger partial charge < -0.3 is 4.90 Å². The minimum Gasteiger partial charge on any atom is -0.372 e. The van der Waals surface area contributed by atoms with Gasteiger partial charge in [-0.3, -0.25) is 0 Å². The van der Waals surface area contributed by atoms with Crippen molar-refractivity contribution in [3.63, 3.8) is 0 Å². The average molecular weight is 210 g/mol. The fourth-order valence-corrected chi connectivity index (χ4v) is 2.30. The molecule has 1 aliphatic rings. The summed E-state index contributed by atoms with van der Waals surface area (Å²) >= 11 is 5.83. The Kier molecular flexibility index (Phi) is 2.97. The molecule has 0 amide bonds. The van der Waals surface area contributed by atoms with Crippen LogP contribution in [0.4, 0.5) is 5.69 Å². The summed E-state index contributed by atoms with van der Waals surface area (Å²) in [5, 5.41) is 0. The number of nitrogens with zero attached hydrogens (tertiary/aromatic N) is 1. The number of rotatable bonds is 2. The van der Waals surface area contributed by atoms with Gasteiger partial charge in [0.2, 0.25) is 0 Å². The Bertz CT molecular complexity index is 316. The van der Waals surface area contributed by atoms with E-state index in [0.29, 0.717) is 5.88 Å². The molecular weight excluding hydrogens is 194 g/mol. The zero-order valence-corrected chi connectivity index (χ0v) is 9.35. The molecule has 0 aliphatic carbocycles. The summed E-state index contributed by atoms with van der Waals surface area (Å²) in [6.45, 7) is 4.55. The summed E-state index contributed by atoms with van der Waals surface area (Å²) in [6, 6.07) is 6.59. The van der Waals surface area contributed by atoms with E-state index in [4.69, 9.17) is 11.6 Å². The molecular formula is C12H16ClN. The standard InChI is InChI=1S/C12H16ClN/c1-10-8-12(5-4-11(10)9-13)14-6-2-3-7-14/h4-5,8H,2-3,6-7,9H2,1H3. The van der Waals surface area contributed by atoms with Gasteiger partial charge in [-0.15, -0.1) is 11.6 Å². The van der Waals surface area contributed by atoms with E-state index in [1.165, 1.54) is 42.7 Å². The Hall–Kier alpha value is -0.690. The second kappa shape index (κ2) is 4.22. The first-order chi connectivity index (χ1) is 6.81. The van der Waals surface area contributed by atoms with E-state index in [0.717, 1.165) is 0 Å². The molecule has 1 aromatic carbocycles. The molecule has 0 bridgehead atoms. The highest BCUT2D eigenvalue weighted by Gasteiger charge is 2.12. The van der Waals surface area contributed by atoms with E-state index in [1.54, 1.807) is 0 Å². The maximum absolute atomic E-state index is 5.83. The summed E-state index contributed by atoms with van der Waals surface area (Å²) in [7, 11) is 0. The highest BCUT2D eigenvalue weighted by molar-refractivity contribution is 6.17. The van der Waals surface area contributed by atoms with Crippen LogP contribution in [0.15, 0.2) is 18.2 Å². The lowest BCUT2D eigenvalue weighted by Crippen LogP contribution is -2.17. The fraction of sp³-hybridized carbons (Fsp3) is 0.500. The molecule has 0 aromatic heterocycles. The van der Waals surface area contributed by atoms with Gasteiger partial charge in [-0.1, -0.05) is 6.07 Å². The topological polar surface area (TPSA) is 3.24 Å². The smallest absolute Gasteiger partial charge is 0.0476 e. The van der Waals surface area contributed by atoms with E-state index in [1.807, 2.05) is 0 Å². The molecule has 14 heavy (non-hydrogen) atoms. The molecule has 1 aromatic rings. The van der Waals surface area contributed by atoms with Crippen LogP contribution in [0.25, 0.3) is 0 Å². The normalized spacial score (nSPS) is 16.3. The Balaban J connectivity index is 2.23. The van der Waals surface area contributed by atoms with Crippen molar-refractivity contribution in [2.75, 3.05) is 18.0 Å². The zero-order chi connectivity index (χ0) is 9.97. The summed E-state index contributed by atoms with van der Waals surface area (Å²) in [4.78, 5) is 2.45. The highest BCUT2D eigenvalue weighted by Crippen LogP contribution is 2.23. The molecule has 1 heterocycles. The van der Waals surface area contributed by atoms with Crippen LogP contribution in [-0.2, 0) is 5.88 Å². The van der Waals surface area contributed by atoms with Gasteiger partial charge in [-0.2, -0.15) is 0 Å². The second-order valence-corrected chi connectivity index (χ2v) is 4.21. The van der Waals surface area contributed by atoms with Crippen LogP contribution in [0.3, 0.4) is 0 Å². The van der Waals surface area contributed by atoms with Gasteiger partial charge in [0, 0.05) is 24.7 Å². The highest BCUT2D eigenvalue weighted by atomic mass is 35.5. The minimum absolute atomic E-state index is 0.617. The Morgan fingerprint density at radius 3 is 2.57 bits per heavy atom. The average Bonchev–Trinajstić information content (AvgIpc) is 2.70. The third-order valence-electron chi connectivity index (χ3n) is 2.94. The van der Waals surface area contributed by atoms with Gasteiger partial charge in [0.1, 0.15) is 0 Å². The Morgan fingerprint density at radius 2 is 2.00 bits per heavy atom. The fourth-order valence-electron chi connectivity index (χ4n) is 2.00. The molecule has 0 saturated carbocycles. The maximum atomic E-state index is 5.83. The van der Waals surface area contributed by atoms with Crippen LogP contribution in [0.2, 0.25) is 0 Å². The third-order valence-corrected chi connectivity index (χ3v) is 3.23. The molecule has 0 unspecified atom stereocenters. The van der Waals surface area contributed by atoms with Crippen molar-refractivity contribution in [2.45, 2.75) is 25.6 Å². The van der Waals surface area contributed by atoms with Crippen LogP contribution in [0.1, 0.15) is 24.0 Å². The number of aryl methyl sites for hydroxylation is 1. The zero-order valence-electron chi connectivity index (χ0n) is 8.59. The molecule has 2 heteroatoms. The molecule has 0 N–H and O–H groups in total. The monoisotopic (exact) mass is 209 g/mol. The quantitative estimate of drug-likeness (QED) is 0.676. The number of anilines is 1. The third kappa shape index (κ3) is 1.88. The maximum Gasteiger partial charge on any atom is 0.0476 e. The number of hydrogen-bond donors (Lipinski definition) is 0. The molecule has 1 saturated heterocycles. The van der Waals surface area contributed by atoms with Gasteiger partial charge in [-0.05, 0) is 43.0 Å². The van der Waals surface area contributed by atoms with Crippen molar-refractivity contribution in [1.29, 1.82) is 0 Å². The Morgan fingerprint density at radius 1 is 1.29 bits per heavy atom. The van der Waals surface area contributed by atoms with Crippen LogP contribution in [-0.4, -0.2) is 13.1 Å². The first-order valence-corrected chi connectivity index (χ1v) is 5.75. The summed E-state index contributed by atoms with van der Waals surface area (Å²) < 4.78 is 0. The van der Waals surface area contributed by atoms with Gasteiger partial charge in [0.05, 0.1) is 0 Å². The predicted molar refractivity (Wildman–Crippen MR) is 62.2 cm³/mol. The Labute approximate surface area is 90.7 Å². The minimum atomic E-state index is 0.617.